The van der Waals surface area contributed by atoms with Gasteiger partial charge in [-0.25, -0.2) is 4.39 Å². The number of hydrogen-bond donors (Lipinski definition) is 0. The maximum atomic E-state index is 13.3. The van der Waals surface area contributed by atoms with Gasteiger partial charge in [0.15, 0.2) is 5.78 Å². The molecule has 1 aliphatic carbocycles. The second-order valence-electron chi connectivity index (χ2n) is 4.06. The zero-order chi connectivity index (χ0) is 10.3. The molecule has 1 saturated carbocycles. The van der Waals surface area contributed by atoms with E-state index in [1.807, 2.05) is 6.92 Å². The molecule has 0 spiro atoms. The molecule has 14 heavy (non-hydrogen) atoms. The molecule has 1 fully saturated rings. The van der Waals surface area contributed by atoms with Crippen LogP contribution >= 0.6 is 0 Å². The highest BCUT2D eigenvalue weighted by Crippen LogP contribution is 2.34. The third-order valence-electron chi connectivity index (χ3n) is 2.70. The van der Waals surface area contributed by atoms with E-state index < -0.39 is 0 Å². The molecule has 1 aromatic carbocycles. The van der Waals surface area contributed by atoms with Crippen LogP contribution in [-0.2, 0) is 0 Å². The molecule has 0 aliphatic heterocycles. The van der Waals surface area contributed by atoms with Crippen molar-refractivity contribution in [3.05, 3.63) is 34.6 Å². The van der Waals surface area contributed by atoms with Crippen LogP contribution < -0.4 is 0 Å². The molecule has 0 aromatic heterocycles. The largest absolute Gasteiger partial charge is 0.294 e. The van der Waals surface area contributed by atoms with Crippen LogP contribution in [0.25, 0.3) is 0 Å². The minimum Gasteiger partial charge on any atom is -0.294 e. The first-order chi connectivity index (χ1) is 6.59. The summed E-state index contributed by atoms with van der Waals surface area (Å²) in [4.78, 5) is 11.8. The molecule has 2 heteroatoms. The van der Waals surface area contributed by atoms with Crippen molar-refractivity contribution < 1.29 is 9.18 Å². The normalized spacial score (nSPS) is 15.6. The Kier molecular flexibility index (Phi) is 2.14. The number of Topliss-reactive ketones (excluding diaryl/α,β-unsaturated/α-hetero) is 1. The molecule has 0 atom stereocenters. The van der Waals surface area contributed by atoms with Crippen molar-refractivity contribution in [1.29, 1.82) is 0 Å². The number of ketones is 1. The summed E-state index contributed by atoms with van der Waals surface area (Å²) >= 11 is 0. The van der Waals surface area contributed by atoms with Crippen LogP contribution in [0.3, 0.4) is 0 Å². The van der Waals surface area contributed by atoms with Crippen molar-refractivity contribution >= 4 is 5.78 Å². The van der Waals surface area contributed by atoms with Crippen molar-refractivity contribution in [2.24, 2.45) is 5.92 Å². The van der Waals surface area contributed by atoms with Crippen LogP contribution in [0.2, 0.25) is 0 Å². The van der Waals surface area contributed by atoms with Gasteiger partial charge in [0, 0.05) is 11.5 Å². The van der Waals surface area contributed by atoms with E-state index in [0.717, 1.165) is 18.4 Å². The zero-order valence-corrected chi connectivity index (χ0v) is 8.43. The lowest BCUT2D eigenvalue weighted by Gasteiger charge is -2.06. The minimum absolute atomic E-state index is 0.116. The Morgan fingerprint density at radius 3 is 2.57 bits per heavy atom. The fourth-order valence-corrected chi connectivity index (χ4v) is 1.64. The Labute approximate surface area is 82.9 Å². The van der Waals surface area contributed by atoms with Gasteiger partial charge in [0.2, 0.25) is 0 Å². The Hall–Kier alpha value is -1.18. The van der Waals surface area contributed by atoms with Gasteiger partial charge in [0.05, 0.1) is 0 Å². The van der Waals surface area contributed by atoms with E-state index in [1.54, 1.807) is 13.0 Å². The lowest BCUT2D eigenvalue weighted by atomic mass is 9.99. The lowest BCUT2D eigenvalue weighted by molar-refractivity contribution is 0.0966. The summed E-state index contributed by atoms with van der Waals surface area (Å²) in [5, 5.41) is 0. The second-order valence-corrected chi connectivity index (χ2v) is 4.06. The van der Waals surface area contributed by atoms with Gasteiger partial charge in [-0.05, 0) is 49.9 Å². The second kappa shape index (κ2) is 3.19. The first-order valence-electron chi connectivity index (χ1n) is 4.90. The molecule has 0 heterocycles. The topological polar surface area (TPSA) is 17.1 Å². The molecular weight excluding hydrogens is 179 g/mol. The average molecular weight is 192 g/mol. The molecular formula is C12H13FO. The van der Waals surface area contributed by atoms with Gasteiger partial charge in [-0.2, -0.15) is 0 Å². The smallest absolute Gasteiger partial charge is 0.166 e. The molecule has 1 nitrogen and oxygen atoms in total. The number of carbonyl (C=O) groups excluding carboxylic acids is 1. The molecule has 0 N–H and O–H groups in total. The highest BCUT2D eigenvalue weighted by Gasteiger charge is 2.31. The van der Waals surface area contributed by atoms with Crippen LogP contribution in [0.1, 0.15) is 34.3 Å². The van der Waals surface area contributed by atoms with Gasteiger partial charge >= 0.3 is 0 Å². The Bertz CT molecular complexity index is 392. The number of aryl methyl sites for hydroxylation is 1. The molecule has 0 amide bonds. The van der Waals surface area contributed by atoms with Gasteiger partial charge < -0.3 is 0 Å². The van der Waals surface area contributed by atoms with Gasteiger partial charge in [-0.3, -0.25) is 4.79 Å². The molecule has 2 rings (SSSR count). The third kappa shape index (κ3) is 1.57. The lowest BCUT2D eigenvalue weighted by Crippen LogP contribution is -2.06. The van der Waals surface area contributed by atoms with Crippen molar-refractivity contribution in [3.63, 3.8) is 0 Å². The number of hydrogen-bond acceptors (Lipinski definition) is 1. The number of halogens is 1. The van der Waals surface area contributed by atoms with Crippen LogP contribution in [-0.4, -0.2) is 5.78 Å². The van der Waals surface area contributed by atoms with E-state index in [9.17, 15) is 9.18 Å². The Morgan fingerprint density at radius 2 is 2.00 bits per heavy atom. The maximum Gasteiger partial charge on any atom is 0.166 e. The monoisotopic (exact) mass is 192 g/mol. The summed E-state index contributed by atoms with van der Waals surface area (Å²) in [6.45, 7) is 3.48. The van der Waals surface area contributed by atoms with E-state index >= 15 is 0 Å². The maximum absolute atomic E-state index is 13.3. The van der Waals surface area contributed by atoms with Gasteiger partial charge in [0.1, 0.15) is 5.82 Å². The van der Waals surface area contributed by atoms with E-state index in [2.05, 4.69) is 0 Å². The first kappa shape index (κ1) is 9.38. The average Bonchev–Trinajstić information content (AvgIpc) is 2.93. The predicted molar refractivity (Wildman–Crippen MR) is 52.9 cm³/mol. The predicted octanol–water partition coefficient (Wildman–Crippen LogP) is 3.04. The summed E-state index contributed by atoms with van der Waals surface area (Å²) in [6.07, 6.45) is 1.93. The van der Waals surface area contributed by atoms with Crippen molar-refractivity contribution in [1.82, 2.24) is 0 Å². The van der Waals surface area contributed by atoms with E-state index in [4.69, 9.17) is 0 Å². The molecule has 0 bridgehead atoms. The molecule has 0 unspecified atom stereocenters. The Morgan fingerprint density at radius 1 is 1.36 bits per heavy atom. The van der Waals surface area contributed by atoms with Gasteiger partial charge in [-0.15, -0.1) is 0 Å². The standard InChI is InChI=1S/C12H13FO/c1-7-5-10(8(2)11(13)6-7)12(14)9-3-4-9/h5-6,9H,3-4H2,1-2H3. The third-order valence-corrected chi connectivity index (χ3v) is 2.70. The summed E-state index contributed by atoms with van der Waals surface area (Å²) < 4.78 is 13.3. The van der Waals surface area contributed by atoms with E-state index in [0.29, 0.717) is 11.1 Å². The zero-order valence-electron chi connectivity index (χ0n) is 8.43. The summed E-state index contributed by atoms with van der Waals surface area (Å²) in [7, 11) is 0. The number of carbonyl (C=O) groups is 1. The number of rotatable bonds is 2. The highest BCUT2D eigenvalue weighted by molar-refractivity contribution is 6.00. The molecule has 1 aromatic rings. The summed E-state index contributed by atoms with van der Waals surface area (Å²) in [6, 6.07) is 3.26. The minimum atomic E-state index is -0.269. The van der Waals surface area contributed by atoms with Crippen LogP contribution in [0, 0.1) is 25.6 Å². The quantitative estimate of drug-likeness (QED) is 0.658. The highest BCUT2D eigenvalue weighted by atomic mass is 19.1. The van der Waals surface area contributed by atoms with E-state index in [-0.39, 0.29) is 17.5 Å². The summed E-state index contributed by atoms with van der Waals surface area (Å²) in [5.74, 6) is 0.00833. The first-order valence-corrected chi connectivity index (χ1v) is 4.90. The fourth-order valence-electron chi connectivity index (χ4n) is 1.64. The van der Waals surface area contributed by atoms with Crippen molar-refractivity contribution in [2.45, 2.75) is 26.7 Å². The van der Waals surface area contributed by atoms with Gasteiger partial charge in [-0.1, -0.05) is 0 Å². The number of benzene rings is 1. The molecule has 1 aliphatic rings. The SMILES string of the molecule is Cc1cc(F)c(C)c(C(=O)C2CC2)c1. The van der Waals surface area contributed by atoms with Crippen molar-refractivity contribution in [3.8, 4) is 0 Å². The fraction of sp³-hybridized carbons (Fsp3) is 0.417. The Balaban J connectivity index is 2.45. The summed E-state index contributed by atoms with van der Waals surface area (Å²) in [5.41, 5.74) is 1.88. The molecule has 74 valence electrons. The van der Waals surface area contributed by atoms with Crippen molar-refractivity contribution in [2.75, 3.05) is 0 Å². The molecule has 0 saturated heterocycles. The van der Waals surface area contributed by atoms with Crippen LogP contribution in [0.4, 0.5) is 4.39 Å². The van der Waals surface area contributed by atoms with Gasteiger partial charge in [0.25, 0.3) is 0 Å². The van der Waals surface area contributed by atoms with E-state index in [1.165, 1.54) is 6.07 Å². The van der Waals surface area contributed by atoms with Crippen LogP contribution in [0.15, 0.2) is 12.1 Å². The molecule has 0 radical (unpaired) electrons. The van der Waals surface area contributed by atoms with Crippen LogP contribution in [0.5, 0.6) is 0 Å².